The van der Waals surface area contributed by atoms with E-state index in [-0.39, 0.29) is 0 Å². The molecule has 144 heavy (non-hydrogen) atoms. The van der Waals surface area contributed by atoms with Crippen LogP contribution in [0.5, 0.6) is 0 Å². The first kappa shape index (κ1) is 85.2. The van der Waals surface area contributed by atoms with Gasteiger partial charge in [-0.2, -0.15) is 0 Å². The largest absolute Gasteiger partial charge is 0.456 e. The van der Waals surface area contributed by atoms with Crippen LogP contribution in [0.2, 0.25) is 0 Å². The zero-order chi connectivity index (χ0) is 95.3. The number of benzene rings is 23. The number of hydrogen-bond donors (Lipinski definition) is 0. The molecule has 0 unspecified atom stereocenters. The Balaban J connectivity index is 0.000000111. The zero-order valence-electron chi connectivity index (χ0n) is 78.6. The lowest BCUT2D eigenvalue weighted by atomic mass is 10.0. The third kappa shape index (κ3) is 15.8. The fraction of sp³-hybridized carbons (Fsp3) is 0. The highest BCUT2D eigenvalue weighted by Gasteiger charge is 2.24. The van der Waals surface area contributed by atoms with E-state index in [1.54, 1.807) is 0 Å². The van der Waals surface area contributed by atoms with Crippen LogP contribution in [0.25, 0.3) is 193 Å². The van der Waals surface area contributed by atoms with Crippen molar-refractivity contribution in [2.75, 3.05) is 14.7 Å². The molecular weight excluding hydrogens is 1750 g/mol. The first-order valence-electron chi connectivity index (χ1n) is 49.1. The molecule has 0 fully saturated rings. The van der Waals surface area contributed by atoms with Crippen LogP contribution in [0.15, 0.2) is 567 Å². The van der Waals surface area contributed by atoms with Crippen molar-refractivity contribution in [2.45, 2.75) is 0 Å². The number of anilines is 9. The molecule has 0 saturated carbocycles. The van der Waals surface area contributed by atoms with E-state index in [0.717, 1.165) is 112 Å². The van der Waals surface area contributed by atoms with Crippen molar-refractivity contribution in [1.29, 1.82) is 0 Å². The molecular formula is C136H92N6O2. The van der Waals surface area contributed by atoms with E-state index < -0.39 is 0 Å². The summed E-state index contributed by atoms with van der Waals surface area (Å²) in [7, 11) is 0. The van der Waals surface area contributed by atoms with Crippen molar-refractivity contribution in [2.24, 2.45) is 0 Å². The fourth-order valence-corrected chi connectivity index (χ4v) is 21.3. The van der Waals surface area contributed by atoms with Gasteiger partial charge in [-0.1, -0.05) is 346 Å². The summed E-state index contributed by atoms with van der Waals surface area (Å²) in [5.74, 6) is 0. The molecule has 678 valence electrons. The molecule has 5 aromatic heterocycles. The predicted molar refractivity (Wildman–Crippen MR) is 606 cm³/mol. The van der Waals surface area contributed by atoms with Gasteiger partial charge in [-0.25, -0.2) is 0 Å². The number of hydrogen-bond acceptors (Lipinski definition) is 5. The average molecular weight is 1840 g/mol. The Hall–Kier alpha value is -19.3. The van der Waals surface area contributed by atoms with Gasteiger partial charge in [-0.05, 0) is 267 Å². The van der Waals surface area contributed by atoms with Crippen molar-refractivity contribution in [3.05, 3.63) is 558 Å². The van der Waals surface area contributed by atoms with Crippen LogP contribution in [-0.2, 0) is 0 Å². The molecule has 0 aliphatic carbocycles. The van der Waals surface area contributed by atoms with Crippen molar-refractivity contribution >= 4 is 171 Å². The molecule has 0 atom stereocenters. The van der Waals surface area contributed by atoms with Crippen molar-refractivity contribution in [3.63, 3.8) is 0 Å². The van der Waals surface area contributed by atoms with Crippen molar-refractivity contribution in [1.82, 2.24) is 13.7 Å². The number of furan rings is 2. The summed E-state index contributed by atoms with van der Waals surface area (Å²) >= 11 is 0. The van der Waals surface area contributed by atoms with E-state index in [0.29, 0.717) is 0 Å². The van der Waals surface area contributed by atoms with E-state index in [2.05, 4.69) is 562 Å². The molecule has 28 rings (SSSR count). The quantitative estimate of drug-likeness (QED) is 0.0909. The summed E-state index contributed by atoms with van der Waals surface area (Å²) < 4.78 is 19.7. The lowest BCUT2D eigenvalue weighted by Crippen LogP contribution is -2.10. The van der Waals surface area contributed by atoms with Gasteiger partial charge in [0.15, 0.2) is 0 Å². The van der Waals surface area contributed by atoms with Crippen LogP contribution in [0.3, 0.4) is 0 Å². The maximum atomic E-state index is 6.31. The standard InChI is InChI=1S/C52H36N2.2C42H28N2O/c1-2-11-37(12-3-1)39-23-29-45(30-24-39)53(47-33-27-41(28-34-47)44-22-21-38-13-4-5-14-42(38)35-44)46-31-25-40(26-32-46)43-15-10-16-48(36-43)54-51-19-8-6-17-49(51)50-18-7-9-20-52(50)54;1-2-12-31(13-3-1)43(34-25-26-38-37-17-6-9-20-41(37)45-42(38)28-34)32-23-21-29(22-24-32)30-11-10-14-33(27-30)44-39-18-7-4-15-35(39)36-16-5-8-19-40(36)44;1-2-10-29(11-3-1)30-18-20-31(21-19-30)43(34-26-27-38-37-14-6-9-17-41(37)45-42(38)28-34)32-22-24-33(25-23-32)44-39-15-7-4-12-35(39)36-13-5-8-16-40(36)44/h1-36H;2*1-28H. The molecule has 0 aliphatic heterocycles. The molecule has 8 heteroatoms. The summed E-state index contributed by atoms with van der Waals surface area (Å²) in [4.78, 5) is 6.93. The molecule has 0 radical (unpaired) electrons. The molecule has 5 heterocycles. The van der Waals surface area contributed by atoms with Gasteiger partial charge < -0.3 is 37.2 Å². The second-order valence-corrected chi connectivity index (χ2v) is 36.7. The van der Waals surface area contributed by atoms with Gasteiger partial charge in [-0.3, -0.25) is 0 Å². The number of para-hydroxylation sites is 9. The van der Waals surface area contributed by atoms with Gasteiger partial charge in [-0.15, -0.1) is 0 Å². The van der Waals surface area contributed by atoms with Gasteiger partial charge in [0.1, 0.15) is 22.3 Å². The van der Waals surface area contributed by atoms with E-state index in [1.165, 1.54) is 132 Å². The third-order valence-corrected chi connectivity index (χ3v) is 28.2. The minimum Gasteiger partial charge on any atom is -0.456 e. The predicted octanol–water partition coefficient (Wildman–Crippen LogP) is 38.0. The molecule has 0 N–H and O–H groups in total. The van der Waals surface area contributed by atoms with Crippen LogP contribution >= 0.6 is 0 Å². The second kappa shape index (κ2) is 36.9. The fourth-order valence-electron chi connectivity index (χ4n) is 21.3. The number of rotatable bonds is 17. The maximum Gasteiger partial charge on any atom is 0.137 e. The van der Waals surface area contributed by atoms with Crippen LogP contribution in [0.1, 0.15) is 0 Å². The number of nitrogens with zero attached hydrogens (tertiary/aromatic N) is 6. The summed E-state index contributed by atoms with van der Waals surface area (Å²) in [6, 6.07) is 199. The molecule has 0 aliphatic rings. The average Bonchev–Trinajstić information content (AvgIpc) is 1.60. The normalized spacial score (nSPS) is 11.5. The molecule has 0 amide bonds. The van der Waals surface area contributed by atoms with E-state index in [4.69, 9.17) is 8.83 Å². The molecule has 8 nitrogen and oxygen atoms in total. The molecule has 0 saturated heterocycles. The number of fused-ring (bicyclic) bond motifs is 16. The molecule has 0 bridgehead atoms. The first-order chi connectivity index (χ1) is 71.4. The lowest BCUT2D eigenvalue weighted by molar-refractivity contribution is 0.668. The smallest absolute Gasteiger partial charge is 0.137 e. The van der Waals surface area contributed by atoms with Crippen molar-refractivity contribution in [3.8, 4) is 72.7 Å². The van der Waals surface area contributed by atoms with Crippen LogP contribution < -0.4 is 14.7 Å². The first-order valence-corrected chi connectivity index (χ1v) is 49.1. The van der Waals surface area contributed by atoms with Gasteiger partial charge in [0.05, 0.1) is 33.1 Å². The summed E-state index contributed by atoms with van der Waals surface area (Å²) in [5.41, 5.74) is 35.9. The lowest BCUT2D eigenvalue weighted by Gasteiger charge is -2.26. The van der Waals surface area contributed by atoms with Crippen LogP contribution in [-0.4, -0.2) is 13.7 Å². The van der Waals surface area contributed by atoms with Crippen LogP contribution in [0, 0.1) is 0 Å². The zero-order valence-corrected chi connectivity index (χ0v) is 78.6. The van der Waals surface area contributed by atoms with Crippen molar-refractivity contribution < 1.29 is 8.83 Å². The second-order valence-electron chi connectivity index (χ2n) is 36.7. The van der Waals surface area contributed by atoms with Gasteiger partial charge in [0.25, 0.3) is 0 Å². The maximum absolute atomic E-state index is 6.31. The Kier molecular flexibility index (Phi) is 21.8. The van der Waals surface area contributed by atoms with Crippen LogP contribution in [0.4, 0.5) is 51.2 Å². The Labute approximate surface area is 833 Å². The molecule has 0 spiro atoms. The Bertz CT molecular complexity index is 9460. The minimum atomic E-state index is 0.876. The van der Waals surface area contributed by atoms with Gasteiger partial charge in [0.2, 0.25) is 0 Å². The highest BCUT2D eigenvalue weighted by Crippen LogP contribution is 2.47. The summed E-state index contributed by atoms with van der Waals surface area (Å²) in [5, 5.41) is 14.6. The summed E-state index contributed by atoms with van der Waals surface area (Å²) in [6.45, 7) is 0. The van der Waals surface area contributed by atoms with Gasteiger partial charge >= 0.3 is 0 Å². The van der Waals surface area contributed by atoms with E-state index >= 15 is 0 Å². The number of aromatic nitrogens is 3. The summed E-state index contributed by atoms with van der Waals surface area (Å²) in [6.07, 6.45) is 0. The monoisotopic (exact) mass is 1840 g/mol. The van der Waals surface area contributed by atoms with Gasteiger partial charge in [0, 0.05) is 134 Å². The Morgan fingerprint density at radius 2 is 0.361 bits per heavy atom. The van der Waals surface area contributed by atoms with E-state index in [1.807, 2.05) is 24.3 Å². The Morgan fingerprint density at radius 3 is 0.722 bits per heavy atom. The highest BCUT2D eigenvalue weighted by atomic mass is 16.3. The topological polar surface area (TPSA) is 50.8 Å². The minimum absolute atomic E-state index is 0.876. The molecule has 28 aromatic rings. The molecule has 23 aromatic carbocycles. The third-order valence-electron chi connectivity index (χ3n) is 28.2. The Morgan fingerprint density at radius 1 is 0.125 bits per heavy atom. The van der Waals surface area contributed by atoms with E-state index in [9.17, 15) is 0 Å². The SMILES string of the molecule is c1ccc(-c2ccc(N(c3ccc(-c4cccc(-n5c6ccccc6c6ccccc65)c4)cc3)c3ccc(-c4ccc5ccccc5c4)cc3)cc2)cc1.c1ccc(-c2ccc(N(c3ccc(-n4c5ccccc5c5ccccc54)cc3)c3ccc4c(c3)oc3ccccc34)cc2)cc1.c1ccc(N(c2ccc(-c3cccc(-n4c5ccccc5c5ccccc54)c3)cc2)c2ccc3c(c2)oc2ccccc23)cc1. The highest BCUT2D eigenvalue weighted by molar-refractivity contribution is 6.13.